The van der Waals surface area contributed by atoms with Gasteiger partial charge in [-0.05, 0) is 89.1 Å². The molecule has 2 aromatic carbocycles. The van der Waals surface area contributed by atoms with Crippen LogP contribution in [0.3, 0.4) is 0 Å². The molecule has 0 aliphatic rings. The zero-order chi connectivity index (χ0) is 20.3. The molecule has 0 atom stereocenters. The zero-order valence-corrected chi connectivity index (χ0v) is 17.4. The van der Waals surface area contributed by atoms with Crippen LogP contribution in [0, 0.1) is 41.5 Å². The lowest BCUT2D eigenvalue weighted by molar-refractivity contribution is 1.17. The Balaban J connectivity index is 2.50. The summed E-state index contributed by atoms with van der Waals surface area (Å²) in [5.41, 5.74) is 9.26. The van der Waals surface area contributed by atoms with Gasteiger partial charge in [-0.25, -0.2) is 0 Å². The lowest BCUT2D eigenvalue weighted by Gasteiger charge is -1.99. The van der Waals surface area contributed by atoms with E-state index in [-0.39, 0.29) is 0 Å². The Hall–Kier alpha value is -3.14. The lowest BCUT2D eigenvalue weighted by Crippen LogP contribution is -1.88. The molecule has 0 saturated heterocycles. The first kappa shape index (κ1) is 19.6. The van der Waals surface area contributed by atoms with Crippen molar-refractivity contribution >= 4 is 22.1 Å². The van der Waals surface area contributed by atoms with E-state index in [0.29, 0.717) is 0 Å². The highest BCUT2D eigenvalue weighted by Crippen LogP contribution is 2.12. The highest BCUT2D eigenvalue weighted by Gasteiger charge is 1.98. The third-order valence-electron chi connectivity index (χ3n) is 4.28. The number of benzene rings is 2. The fraction of sp³-hybridized carbons (Fsp3) is 0.250. The van der Waals surface area contributed by atoms with Gasteiger partial charge in [0.25, 0.3) is 0 Å². The van der Waals surface area contributed by atoms with Gasteiger partial charge in [0, 0.05) is 22.8 Å². The van der Waals surface area contributed by atoms with Crippen molar-refractivity contribution in [2.75, 3.05) is 0 Å². The molecule has 0 radical (unpaired) electrons. The molecular formula is C24H26N4. The quantitative estimate of drug-likeness (QED) is 0.511. The summed E-state index contributed by atoms with van der Waals surface area (Å²) in [6.45, 7) is 12.1. The fourth-order valence-electron chi connectivity index (χ4n) is 3.13. The second-order valence-corrected chi connectivity index (χ2v) is 7.29. The third kappa shape index (κ3) is 4.97. The van der Waals surface area contributed by atoms with Gasteiger partial charge in [0.15, 0.2) is 0 Å². The summed E-state index contributed by atoms with van der Waals surface area (Å²) >= 11 is 0. The highest BCUT2D eigenvalue weighted by molar-refractivity contribution is 5.75. The maximum atomic E-state index is 4.79. The standard InChI is InChI=1S/C24H26N4/c1-15-7-9-21-23(11-15)27-19(5)14-20(6)28-24-12-16(2)8-10-22(24)26-18(4)13-17(3)25-21/h7-14H,1-6H3. The van der Waals surface area contributed by atoms with Crippen molar-refractivity contribution in [3.8, 4) is 0 Å². The summed E-state index contributed by atoms with van der Waals surface area (Å²) < 4.78 is 0. The van der Waals surface area contributed by atoms with E-state index >= 15 is 0 Å². The SMILES string of the molecule is Cc1ccc2nc(C)cc(C)nc3ccc(C)cc3nc(C)cc(C)nc2c1. The van der Waals surface area contributed by atoms with Crippen LogP contribution in [-0.4, -0.2) is 19.9 Å². The normalized spacial score (nSPS) is 10.5. The van der Waals surface area contributed by atoms with Gasteiger partial charge in [-0.2, -0.15) is 0 Å². The van der Waals surface area contributed by atoms with Crippen molar-refractivity contribution in [1.82, 2.24) is 19.9 Å². The maximum absolute atomic E-state index is 4.79. The summed E-state index contributed by atoms with van der Waals surface area (Å²) in [7, 11) is 0. The first-order valence-electron chi connectivity index (χ1n) is 9.42. The molecule has 0 N–H and O–H groups in total. The second kappa shape index (κ2) is 8.26. The van der Waals surface area contributed by atoms with E-state index in [1.54, 1.807) is 0 Å². The molecule has 1 heterocycles. The highest BCUT2D eigenvalue weighted by atomic mass is 14.8. The average molecular weight is 371 g/mol. The minimum Gasteiger partial charge on any atom is -0.251 e. The van der Waals surface area contributed by atoms with Crippen LogP contribution in [0.25, 0.3) is 22.1 Å². The molecule has 0 saturated carbocycles. The van der Waals surface area contributed by atoms with Crippen LogP contribution in [0.1, 0.15) is 33.9 Å². The molecule has 0 aliphatic heterocycles. The third-order valence-corrected chi connectivity index (χ3v) is 4.28. The minimum absolute atomic E-state index is 0.850. The summed E-state index contributed by atoms with van der Waals surface area (Å²) in [4.78, 5) is 19.1. The number of hydrogen-bond donors (Lipinski definition) is 0. The number of hydrogen-bond acceptors (Lipinski definition) is 4. The van der Waals surface area contributed by atoms with Gasteiger partial charge in [0.05, 0.1) is 22.1 Å². The van der Waals surface area contributed by atoms with E-state index in [0.717, 1.165) is 56.0 Å². The van der Waals surface area contributed by atoms with Gasteiger partial charge >= 0.3 is 0 Å². The maximum Gasteiger partial charge on any atom is 0.0892 e. The molecule has 0 fully saturated rings. The topological polar surface area (TPSA) is 51.6 Å². The van der Waals surface area contributed by atoms with E-state index in [4.69, 9.17) is 19.9 Å². The zero-order valence-electron chi connectivity index (χ0n) is 17.4. The second-order valence-electron chi connectivity index (χ2n) is 7.29. The van der Waals surface area contributed by atoms with E-state index in [2.05, 4.69) is 38.1 Å². The molecule has 0 aliphatic carbocycles. The predicted octanol–water partition coefficient (Wildman–Crippen LogP) is 5.67. The van der Waals surface area contributed by atoms with Gasteiger partial charge < -0.3 is 0 Å². The number of fused-ring (bicyclic) bond motifs is 2. The molecule has 4 heteroatoms. The van der Waals surface area contributed by atoms with Crippen LogP contribution in [0.15, 0.2) is 48.5 Å². The van der Waals surface area contributed by atoms with Crippen LogP contribution in [-0.2, 0) is 0 Å². The summed E-state index contributed by atoms with van der Waals surface area (Å²) in [6, 6.07) is 16.2. The largest absolute Gasteiger partial charge is 0.251 e. The van der Waals surface area contributed by atoms with Crippen LogP contribution in [0.5, 0.6) is 0 Å². The number of nitrogens with zero attached hydrogens (tertiary/aromatic N) is 4. The first-order valence-corrected chi connectivity index (χ1v) is 9.42. The smallest absolute Gasteiger partial charge is 0.0892 e. The first-order chi connectivity index (χ1) is 13.3. The molecule has 0 bridgehead atoms. The van der Waals surface area contributed by atoms with E-state index in [9.17, 15) is 0 Å². The number of aromatic nitrogens is 4. The monoisotopic (exact) mass is 370 g/mol. The van der Waals surface area contributed by atoms with Gasteiger partial charge in [-0.3, -0.25) is 19.9 Å². The van der Waals surface area contributed by atoms with Crippen molar-refractivity contribution in [2.24, 2.45) is 0 Å². The Morgan fingerprint density at radius 1 is 0.393 bits per heavy atom. The Labute approximate surface area is 166 Å². The molecule has 28 heavy (non-hydrogen) atoms. The van der Waals surface area contributed by atoms with Crippen LogP contribution in [0.2, 0.25) is 0 Å². The van der Waals surface area contributed by atoms with E-state index in [1.807, 2.05) is 52.0 Å². The van der Waals surface area contributed by atoms with Gasteiger partial charge in [0.1, 0.15) is 0 Å². The van der Waals surface area contributed by atoms with Crippen molar-refractivity contribution in [1.29, 1.82) is 0 Å². The van der Waals surface area contributed by atoms with Crippen LogP contribution in [0.4, 0.5) is 0 Å². The van der Waals surface area contributed by atoms with Crippen molar-refractivity contribution in [2.45, 2.75) is 41.5 Å². The van der Waals surface area contributed by atoms with Crippen LogP contribution >= 0.6 is 0 Å². The van der Waals surface area contributed by atoms with Gasteiger partial charge in [-0.15, -0.1) is 0 Å². The Bertz CT molecular complexity index is 1090. The van der Waals surface area contributed by atoms with E-state index in [1.165, 1.54) is 0 Å². The molecule has 3 aromatic rings. The van der Waals surface area contributed by atoms with E-state index < -0.39 is 0 Å². The Morgan fingerprint density at radius 3 is 1.07 bits per heavy atom. The molecule has 142 valence electrons. The molecule has 4 nitrogen and oxygen atoms in total. The molecule has 0 spiro atoms. The summed E-state index contributed by atoms with van der Waals surface area (Å²) in [6.07, 6.45) is 0. The fourth-order valence-corrected chi connectivity index (χ4v) is 3.13. The average Bonchev–Trinajstić information content (AvgIpc) is 2.58. The minimum atomic E-state index is 0.850. The van der Waals surface area contributed by atoms with Gasteiger partial charge in [0.2, 0.25) is 0 Å². The number of rotatable bonds is 0. The molecule has 1 aromatic heterocycles. The van der Waals surface area contributed by atoms with Crippen molar-refractivity contribution < 1.29 is 0 Å². The van der Waals surface area contributed by atoms with Crippen molar-refractivity contribution in [3.05, 3.63) is 82.4 Å². The summed E-state index contributed by atoms with van der Waals surface area (Å²) in [5, 5.41) is 0. The Morgan fingerprint density at radius 2 is 0.714 bits per heavy atom. The van der Waals surface area contributed by atoms with Crippen molar-refractivity contribution in [3.63, 3.8) is 0 Å². The number of aryl methyl sites for hydroxylation is 6. The predicted molar refractivity (Wildman–Crippen MR) is 116 cm³/mol. The molecule has 0 amide bonds. The lowest BCUT2D eigenvalue weighted by atomic mass is 10.2. The van der Waals surface area contributed by atoms with Gasteiger partial charge in [-0.1, -0.05) is 12.1 Å². The molecule has 3 rings (SSSR count). The van der Waals surface area contributed by atoms with Crippen LogP contribution < -0.4 is 0 Å². The molecule has 0 unspecified atom stereocenters. The molecular weight excluding hydrogens is 344 g/mol. The Kier molecular flexibility index (Phi) is 5.78. The summed E-state index contributed by atoms with van der Waals surface area (Å²) in [5.74, 6) is 0.